The molecule has 8 nitrogen and oxygen atoms in total. The minimum Gasteiger partial charge on any atom is -0.506 e. The number of amides is 2. The van der Waals surface area contributed by atoms with Gasteiger partial charge in [-0.05, 0) is 40.6 Å². The Hall–Kier alpha value is -2.55. The third kappa shape index (κ3) is 2.45. The lowest BCUT2D eigenvalue weighted by Gasteiger charge is -2.37. The molecular weight excluding hydrogens is 406 g/mol. The van der Waals surface area contributed by atoms with E-state index in [1.165, 1.54) is 0 Å². The zero-order valence-corrected chi connectivity index (χ0v) is 15.0. The fourth-order valence-electron chi connectivity index (χ4n) is 4.10. The second-order valence-corrected chi connectivity index (χ2v) is 7.55. The summed E-state index contributed by atoms with van der Waals surface area (Å²) in [5.41, 5.74) is -0.200. The number of non-ortho nitro benzene ring substituents is 1. The number of hydrogen-bond acceptors (Lipinski definition) is 6. The average molecular weight is 420 g/mol. The van der Waals surface area contributed by atoms with E-state index >= 15 is 0 Å². The number of nitro benzene ring substituents is 1. The fraction of sp³-hybridized carbons (Fsp3) is 0.353. The van der Waals surface area contributed by atoms with Crippen LogP contribution in [0.15, 0.2) is 33.9 Å². The molecule has 0 aromatic heterocycles. The number of fused-ring (bicyclic) bond motifs is 1. The van der Waals surface area contributed by atoms with E-state index in [4.69, 9.17) is 0 Å². The number of nitrogens with zero attached hydrogens (tertiary/aromatic N) is 3. The molecule has 1 heterocycles. The van der Waals surface area contributed by atoms with Crippen LogP contribution in [0.3, 0.4) is 0 Å². The number of allylic oxidation sites excluding steroid dienone is 2. The number of nitro groups is 1. The number of hydrogen-bond donors (Lipinski definition) is 1. The zero-order valence-electron chi connectivity index (χ0n) is 13.4. The van der Waals surface area contributed by atoms with Crippen molar-refractivity contribution in [2.24, 2.45) is 28.8 Å². The molecule has 4 atom stereocenters. The van der Waals surface area contributed by atoms with Crippen molar-refractivity contribution in [3.63, 3.8) is 0 Å². The molecular formula is C17H14BrN3O5. The van der Waals surface area contributed by atoms with Gasteiger partial charge in [0.2, 0.25) is 0 Å². The van der Waals surface area contributed by atoms with E-state index in [9.17, 15) is 24.8 Å². The number of phenols is 1. The third-order valence-electron chi connectivity index (χ3n) is 5.34. The van der Waals surface area contributed by atoms with Crippen molar-refractivity contribution in [1.29, 1.82) is 0 Å². The zero-order chi connectivity index (χ0) is 18.6. The average Bonchev–Trinajstić information content (AvgIpc) is 2.90. The van der Waals surface area contributed by atoms with E-state index < -0.39 is 4.92 Å². The molecule has 134 valence electrons. The van der Waals surface area contributed by atoms with Crippen molar-refractivity contribution in [2.45, 2.75) is 12.8 Å². The third-order valence-corrected chi connectivity index (χ3v) is 5.94. The van der Waals surface area contributed by atoms with Crippen molar-refractivity contribution in [3.8, 4) is 5.75 Å². The van der Waals surface area contributed by atoms with Gasteiger partial charge in [-0.3, -0.25) is 19.7 Å². The topological polar surface area (TPSA) is 113 Å². The normalized spacial score (nSPS) is 29.7. The minimum absolute atomic E-state index is 0.0441. The summed E-state index contributed by atoms with van der Waals surface area (Å²) in [6.07, 6.45) is 6.90. The Morgan fingerprint density at radius 2 is 1.77 bits per heavy atom. The molecule has 0 spiro atoms. The molecule has 2 bridgehead atoms. The van der Waals surface area contributed by atoms with Crippen LogP contribution in [0.5, 0.6) is 5.75 Å². The van der Waals surface area contributed by atoms with Crippen LogP contribution in [0.25, 0.3) is 0 Å². The number of benzene rings is 1. The molecule has 1 aliphatic heterocycles. The van der Waals surface area contributed by atoms with Gasteiger partial charge in [0.25, 0.3) is 17.5 Å². The Kier molecular flexibility index (Phi) is 3.91. The molecule has 2 fully saturated rings. The summed E-state index contributed by atoms with van der Waals surface area (Å²) < 4.78 is 0.128. The summed E-state index contributed by atoms with van der Waals surface area (Å²) >= 11 is 3.04. The SMILES string of the molecule is O=C1[C@@H]2[C@H](C(=O)N1/N=C\c1cc([N+](=O)[O-])cc(Br)c1O)[C@@H]1C=C[C@@H]2CC1. The summed E-state index contributed by atoms with van der Waals surface area (Å²) in [5.74, 6) is -1.59. The molecule has 1 aromatic carbocycles. The van der Waals surface area contributed by atoms with Crippen LogP contribution < -0.4 is 0 Å². The van der Waals surface area contributed by atoms with Crippen molar-refractivity contribution in [2.75, 3.05) is 0 Å². The van der Waals surface area contributed by atoms with Gasteiger partial charge in [-0.2, -0.15) is 10.1 Å². The second kappa shape index (κ2) is 6.01. The summed E-state index contributed by atoms with van der Waals surface area (Å²) in [7, 11) is 0. The number of imide groups is 1. The molecule has 1 saturated carbocycles. The van der Waals surface area contributed by atoms with Crippen LogP contribution in [0, 0.1) is 33.8 Å². The predicted molar refractivity (Wildman–Crippen MR) is 94.2 cm³/mol. The van der Waals surface area contributed by atoms with E-state index in [1.807, 2.05) is 12.2 Å². The first-order valence-electron chi connectivity index (χ1n) is 8.15. The number of rotatable bonds is 3. The standard InChI is InChI=1S/C17H14BrN3O5/c18-12-6-11(21(25)26)5-10(15(12)22)7-19-20-16(23)13-8-1-2-9(4-3-8)14(13)17(20)24/h1-2,5-9,13-14,22H,3-4H2/b19-7-/t8-,9-,13-,14+/m1/s1. The highest BCUT2D eigenvalue weighted by Gasteiger charge is 2.56. The Bertz CT molecular complexity index is 865. The quantitative estimate of drug-likeness (QED) is 0.266. The number of hydrazone groups is 1. The van der Waals surface area contributed by atoms with Gasteiger partial charge in [-0.1, -0.05) is 12.2 Å². The summed E-state index contributed by atoms with van der Waals surface area (Å²) in [6, 6.07) is 2.30. The number of phenolic OH excluding ortho intramolecular Hbond substituents is 1. The predicted octanol–water partition coefficient (Wildman–Crippen LogP) is 2.59. The first-order valence-corrected chi connectivity index (χ1v) is 8.95. The lowest BCUT2D eigenvalue weighted by Crippen LogP contribution is -2.38. The van der Waals surface area contributed by atoms with Crippen LogP contribution in [0.1, 0.15) is 18.4 Å². The van der Waals surface area contributed by atoms with E-state index in [0.29, 0.717) is 0 Å². The second-order valence-electron chi connectivity index (χ2n) is 6.70. The molecule has 26 heavy (non-hydrogen) atoms. The number of carbonyl (C=O) groups excluding carboxylic acids is 2. The van der Waals surface area contributed by atoms with Crippen LogP contribution in [0.2, 0.25) is 0 Å². The smallest absolute Gasteiger partial charge is 0.271 e. The van der Waals surface area contributed by atoms with E-state index in [-0.39, 0.29) is 57.0 Å². The summed E-state index contributed by atoms with van der Waals surface area (Å²) in [4.78, 5) is 35.7. The molecule has 4 aliphatic rings. The van der Waals surface area contributed by atoms with Crippen molar-refractivity contribution < 1.29 is 19.6 Å². The Balaban J connectivity index is 1.65. The molecule has 5 rings (SSSR count). The maximum atomic E-state index is 12.7. The Morgan fingerprint density at radius 1 is 1.19 bits per heavy atom. The molecule has 1 aromatic rings. The van der Waals surface area contributed by atoms with Gasteiger partial charge in [0.1, 0.15) is 5.75 Å². The maximum Gasteiger partial charge on any atom is 0.271 e. The molecule has 1 N–H and O–H groups in total. The lowest BCUT2D eigenvalue weighted by atomic mass is 9.63. The van der Waals surface area contributed by atoms with Gasteiger partial charge in [0.05, 0.1) is 27.4 Å². The van der Waals surface area contributed by atoms with Crippen LogP contribution in [-0.4, -0.2) is 33.1 Å². The fourth-order valence-corrected chi connectivity index (χ4v) is 4.56. The van der Waals surface area contributed by atoms with Gasteiger partial charge in [-0.15, -0.1) is 0 Å². The Morgan fingerprint density at radius 3 is 2.27 bits per heavy atom. The summed E-state index contributed by atoms with van der Waals surface area (Å²) in [5, 5.41) is 25.8. The van der Waals surface area contributed by atoms with Gasteiger partial charge < -0.3 is 5.11 Å². The maximum absolute atomic E-state index is 12.7. The van der Waals surface area contributed by atoms with Crippen LogP contribution >= 0.6 is 15.9 Å². The highest BCUT2D eigenvalue weighted by atomic mass is 79.9. The molecule has 9 heteroatoms. The summed E-state index contributed by atoms with van der Waals surface area (Å²) in [6.45, 7) is 0. The van der Waals surface area contributed by atoms with E-state index in [1.54, 1.807) is 0 Å². The lowest BCUT2D eigenvalue weighted by molar-refractivity contribution is -0.385. The van der Waals surface area contributed by atoms with Crippen LogP contribution in [-0.2, 0) is 9.59 Å². The number of carbonyl (C=O) groups is 2. The Labute approximate surface area is 156 Å². The first-order chi connectivity index (χ1) is 12.4. The highest BCUT2D eigenvalue weighted by molar-refractivity contribution is 9.10. The molecule has 0 unspecified atom stereocenters. The molecule has 0 radical (unpaired) electrons. The number of halogens is 1. The van der Waals surface area contributed by atoms with E-state index in [2.05, 4.69) is 21.0 Å². The van der Waals surface area contributed by atoms with Crippen molar-refractivity contribution in [3.05, 3.63) is 44.4 Å². The highest BCUT2D eigenvalue weighted by Crippen LogP contribution is 2.49. The van der Waals surface area contributed by atoms with Gasteiger partial charge >= 0.3 is 0 Å². The first kappa shape index (κ1) is 16.9. The molecule has 3 aliphatic carbocycles. The van der Waals surface area contributed by atoms with Crippen molar-refractivity contribution >= 4 is 39.6 Å². The monoisotopic (exact) mass is 419 g/mol. The van der Waals surface area contributed by atoms with E-state index in [0.717, 1.165) is 36.2 Å². The van der Waals surface area contributed by atoms with Crippen molar-refractivity contribution in [1.82, 2.24) is 5.01 Å². The molecule has 2 amide bonds. The molecule has 1 saturated heterocycles. The van der Waals surface area contributed by atoms with Gasteiger partial charge in [-0.25, -0.2) is 0 Å². The van der Waals surface area contributed by atoms with Gasteiger partial charge in [0, 0.05) is 17.7 Å². The largest absolute Gasteiger partial charge is 0.506 e. The van der Waals surface area contributed by atoms with Crippen LogP contribution in [0.4, 0.5) is 5.69 Å². The number of aromatic hydroxyl groups is 1. The van der Waals surface area contributed by atoms with Gasteiger partial charge in [0.15, 0.2) is 0 Å². The minimum atomic E-state index is -0.606.